The zero-order valence-corrected chi connectivity index (χ0v) is 21.4. The summed E-state index contributed by atoms with van der Waals surface area (Å²) in [7, 11) is -0.682. The number of hydrogen-bond donors (Lipinski definition) is 0. The molecule has 2 heteroatoms. The monoisotopic (exact) mass is 491 g/mol. The summed E-state index contributed by atoms with van der Waals surface area (Å²) in [6, 6.07) is 35.5. The summed E-state index contributed by atoms with van der Waals surface area (Å²) >= 11 is 0. The van der Waals surface area contributed by atoms with Crippen molar-refractivity contribution in [1.29, 1.82) is 0 Å². The van der Waals surface area contributed by atoms with Crippen LogP contribution >= 0.6 is 7.53 Å². The van der Waals surface area contributed by atoms with E-state index in [2.05, 4.69) is 145 Å². The van der Waals surface area contributed by atoms with Crippen molar-refractivity contribution in [3.63, 3.8) is 0 Å². The molecular weight excluding hydrogens is 465 g/mol. The maximum absolute atomic E-state index is 4.26. The Morgan fingerprint density at radius 2 is 1.43 bits per heavy atom. The second-order valence-electron chi connectivity index (χ2n) is 9.47. The molecule has 0 spiro atoms. The molecule has 0 fully saturated rings. The molecule has 1 aliphatic carbocycles. The lowest BCUT2D eigenvalue weighted by molar-refractivity contribution is 1.00. The largest absolute Gasteiger partial charge is 0.313 e. The van der Waals surface area contributed by atoms with E-state index in [0.29, 0.717) is 0 Å². The lowest BCUT2D eigenvalue weighted by Gasteiger charge is -2.11. The van der Waals surface area contributed by atoms with E-state index in [0.717, 1.165) is 12.0 Å². The van der Waals surface area contributed by atoms with Crippen molar-refractivity contribution in [1.82, 2.24) is 4.57 Å². The van der Waals surface area contributed by atoms with Crippen LogP contribution in [0.3, 0.4) is 0 Å². The van der Waals surface area contributed by atoms with E-state index in [9.17, 15) is 0 Å². The van der Waals surface area contributed by atoms with Crippen LogP contribution in [-0.4, -0.2) is 4.57 Å². The number of rotatable bonds is 2. The highest BCUT2D eigenvalue weighted by Gasteiger charge is 2.23. The zero-order valence-electron chi connectivity index (χ0n) is 20.5. The molecule has 0 aliphatic heterocycles. The maximum atomic E-state index is 4.26. The van der Waals surface area contributed by atoms with Crippen LogP contribution in [0.5, 0.6) is 0 Å². The third-order valence-corrected chi connectivity index (χ3v) is 9.87. The van der Waals surface area contributed by atoms with E-state index in [-0.39, 0.29) is 0 Å². The first kappa shape index (κ1) is 21.9. The molecule has 0 N–H and O–H groups in total. The van der Waals surface area contributed by atoms with E-state index in [1.807, 2.05) is 0 Å². The number of aromatic nitrogens is 1. The van der Waals surface area contributed by atoms with Crippen molar-refractivity contribution in [2.24, 2.45) is 0 Å². The van der Waals surface area contributed by atoms with Crippen molar-refractivity contribution >= 4 is 45.5 Å². The first-order chi connectivity index (χ1) is 18.3. The van der Waals surface area contributed by atoms with Crippen LogP contribution in [0, 0.1) is 0 Å². The van der Waals surface area contributed by atoms with Crippen LogP contribution in [-0.2, 0) is 6.42 Å². The molecule has 2 aromatic heterocycles. The fourth-order valence-electron chi connectivity index (χ4n) is 5.69. The van der Waals surface area contributed by atoms with Gasteiger partial charge in [-0.3, -0.25) is 0 Å². The van der Waals surface area contributed by atoms with E-state index in [1.54, 1.807) is 0 Å². The standard InChI is InChI=1S/C35H26NP/c1-25-13-5-2-10-19-31-30(22-21-25)34-32(36(31)26-14-6-3-7-15-26)24-23-29-28-18-11-12-20-33(28)37(35(29)34)27-16-8-4-9-17-27/h2-18,20-24H,1,19H2/b10-2-,13-5-,22-21-. The van der Waals surface area contributed by atoms with Crippen LogP contribution in [0.4, 0.5) is 0 Å². The Hall–Kier alpha value is -4.32. The first-order valence-electron chi connectivity index (χ1n) is 12.7. The highest BCUT2D eigenvalue weighted by molar-refractivity contribution is 7.68. The van der Waals surface area contributed by atoms with Gasteiger partial charge < -0.3 is 4.57 Å². The van der Waals surface area contributed by atoms with Gasteiger partial charge in [-0.2, -0.15) is 0 Å². The molecule has 6 aromatic rings. The smallest absolute Gasteiger partial charge is 0.0547 e. The van der Waals surface area contributed by atoms with E-state index < -0.39 is 7.53 Å². The predicted molar refractivity (Wildman–Crippen MR) is 162 cm³/mol. The Morgan fingerprint density at radius 1 is 0.676 bits per heavy atom. The van der Waals surface area contributed by atoms with E-state index in [4.69, 9.17) is 0 Å². The topological polar surface area (TPSA) is 4.93 Å². The molecule has 7 rings (SSSR count). The lowest BCUT2D eigenvalue weighted by Crippen LogP contribution is -2.00. The molecule has 0 saturated heterocycles. The highest BCUT2D eigenvalue weighted by Crippen LogP contribution is 2.58. The van der Waals surface area contributed by atoms with Crippen LogP contribution < -0.4 is 0 Å². The quantitative estimate of drug-likeness (QED) is 0.227. The summed E-state index contributed by atoms with van der Waals surface area (Å²) < 4.78 is 2.47. The van der Waals surface area contributed by atoms with Gasteiger partial charge in [-0.1, -0.05) is 129 Å². The molecule has 1 atom stereocenters. The van der Waals surface area contributed by atoms with Gasteiger partial charge >= 0.3 is 0 Å². The normalized spacial score (nSPS) is 16.6. The third kappa shape index (κ3) is 3.55. The van der Waals surface area contributed by atoms with E-state index in [1.165, 1.54) is 54.2 Å². The lowest BCUT2D eigenvalue weighted by atomic mass is 10.0. The molecule has 176 valence electrons. The molecule has 1 unspecified atom stereocenters. The Labute approximate surface area is 218 Å². The minimum Gasteiger partial charge on any atom is -0.313 e. The average molecular weight is 492 g/mol. The van der Waals surface area contributed by atoms with Gasteiger partial charge in [0.1, 0.15) is 0 Å². The minimum atomic E-state index is -0.682. The van der Waals surface area contributed by atoms with Gasteiger partial charge in [0.05, 0.1) is 5.52 Å². The van der Waals surface area contributed by atoms with Crippen molar-refractivity contribution in [2.45, 2.75) is 6.42 Å². The van der Waals surface area contributed by atoms with Gasteiger partial charge in [0.2, 0.25) is 0 Å². The minimum absolute atomic E-state index is 0.682. The van der Waals surface area contributed by atoms with Crippen LogP contribution in [0.2, 0.25) is 0 Å². The van der Waals surface area contributed by atoms with Gasteiger partial charge in [0.15, 0.2) is 0 Å². The summed E-state index contributed by atoms with van der Waals surface area (Å²) in [6.45, 7) is 4.26. The number of allylic oxidation sites excluding steroid dienone is 6. The van der Waals surface area contributed by atoms with Gasteiger partial charge in [0.25, 0.3) is 0 Å². The van der Waals surface area contributed by atoms with Gasteiger partial charge in [-0.15, -0.1) is 0 Å². The zero-order chi connectivity index (χ0) is 24.8. The number of para-hydroxylation sites is 1. The summed E-state index contributed by atoms with van der Waals surface area (Å²) in [5.74, 6) is 0. The molecule has 0 saturated carbocycles. The number of benzene rings is 4. The summed E-state index contributed by atoms with van der Waals surface area (Å²) in [4.78, 5) is 0. The molecule has 2 heterocycles. The van der Waals surface area contributed by atoms with Crippen LogP contribution in [0.15, 0.2) is 140 Å². The fourth-order valence-corrected chi connectivity index (χ4v) is 8.50. The fraction of sp³-hybridized carbons (Fsp3) is 0.0286. The molecule has 0 radical (unpaired) electrons. The number of nitrogens with zero attached hydrogens (tertiary/aromatic N) is 1. The predicted octanol–water partition coefficient (Wildman–Crippen LogP) is 10.2. The van der Waals surface area contributed by atoms with Gasteiger partial charge in [-0.05, 0) is 39.8 Å². The molecule has 37 heavy (non-hydrogen) atoms. The summed E-state index contributed by atoms with van der Waals surface area (Å²) in [6.07, 6.45) is 13.9. The average Bonchev–Trinajstić information content (AvgIpc) is 3.45. The Kier molecular flexibility index (Phi) is 5.31. The van der Waals surface area contributed by atoms with Crippen molar-refractivity contribution in [3.8, 4) is 11.0 Å². The molecule has 0 amide bonds. The summed E-state index contributed by atoms with van der Waals surface area (Å²) in [5.41, 5.74) is 6.07. The van der Waals surface area contributed by atoms with Gasteiger partial charge in [0, 0.05) is 39.0 Å². The third-order valence-electron chi connectivity index (χ3n) is 7.27. The Bertz CT molecular complexity index is 1890. The van der Waals surface area contributed by atoms with E-state index >= 15 is 0 Å². The molecule has 1 nitrogen and oxygen atoms in total. The molecule has 1 aliphatic rings. The number of fused-ring (bicyclic) bond motifs is 7. The van der Waals surface area contributed by atoms with Gasteiger partial charge in [-0.25, -0.2) is 0 Å². The Balaban J connectivity index is 1.72. The first-order valence-corrected chi connectivity index (χ1v) is 14.1. The molecule has 4 aromatic carbocycles. The van der Waals surface area contributed by atoms with Crippen LogP contribution in [0.1, 0.15) is 11.3 Å². The Morgan fingerprint density at radius 3 is 2.27 bits per heavy atom. The summed E-state index contributed by atoms with van der Waals surface area (Å²) in [5, 5.41) is 8.41. The van der Waals surface area contributed by atoms with Crippen LogP contribution in [0.25, 0.3) is 49.0 Å². The van der Waals surface area contributed by atoms with Crippen molar-refractivity contribution < 1.29 is 0 Å². The van der Waals surface area contributed by atoms with Crippen molar-refractivity contribution in [3.05, 3.63) is 151 Å². The maximum Gasteiger partial charge on any atom is 0.0547 e. The SMILES string of the molecule is C=C1/C=C\C=C/Cc2c(c3c(ccc4c5ccccc5p(-c5ccccc5)c43)n2-c2ccccc2)/C=C\1. The van der Waals surface area contributed by atoms with Crippen molar-refractivity contribution in [2.75, 3.05) is 0 Å². The molecule has 0 bridgehead atoms. The highest BCUT2D eigenvalue weighted by atomic mass is 31.1. The second kappa shape index (κ2) is 8.96. The number of hydrogen-bond acceptors (Lipinski definition) is 0. The second-order valence-corrected chi connectivity index (χ2v) is 11.6. The molecular formula is C35H26NP.